The van der Waals surface area contributed by atoms with E-state index >= 15 is 0 Å². The third-order valence-electron chi connectivity index (χ3n) is 4.25. The first-order valence-electron chi connectivity index (χ1n) is 7.25. The largest absolute Gasteiger partial charge is 0.324 e. The summed E-state index contributed by atoms with van der Waals surface area (Å²) in [5.74, 6) is 0.290. The highest BCUT2D eigenvalue weighted by molar-refractivity contribution is 5.73. The van der Waals surface area contributed by atoms with Gasteiger partial charge in [-0.15, -0.1) is 0 Å². The van der Waals surface area contributed by atoms with Gasteiger partial charge < -0.3 is 5.73 Å². The molecule has 0 amide bonds. The van der Waals surface area contributed by atoms with Crippen molar-refractivity contribution in [2.45, 2.75) is 38.6 Å². The van der Waals surface area contributed by atoms with E-state index in [2.05, 4.69) is 32.0 Å². The van der Waals surface area contributed by atoms with Crippen LogP contribution in [0.15, 0.2) is 36.4 Å². The van der Waals surface area contributed by atoms with Gasteiger partial charge in [0.1, 0.15) is 5.82 Å². The number of benzene rings is 2. The van der Waals surface area contributed by atoms with Crippen molar-refractivity contribution >= 4 is 0 Å². The van der Waals surface area contributed by atoms with Gasteiger partial charge in [-0.3, -0.25) is 0 Å². The number of nitrogens with two attached hydrogens (primary N) is 1. The fraction of sp³-hybridized carbons (Fsp3) is 0.333. The van der Waals surface area contributed by atoms with Crippen molar-refractivity contribution in [2.75, 3.05) is 0 Å². The van der Waals surface area contributed by atoms with Crippen LogP contribution in [0, 0.1) is 5.82 Å². The zero-order valence-corrected chi connectivity index (χ0v) is 12.0. The van der Waals surface area contributed by atoms with Crippen molar-refractivity contribution in [1.29, 1.82) is 0 Å². The zero-order valence-electron chi connectivity index (χ0n) is 12.0. The van der Waals surface area contributed by atoms with Gasteiger partial charge in [0, 0.05) is 11.6 Å². The SMILES string of the molecule is CC(C)c1ccccc1-c1ccc(F)c2c1CC[C@H]2N. The molecule has 2 N–H and O–H groups in total. The van der Waals surface area contributed by atoms with E-state index < -0.39 is 0 Å². The molecule has 2 aromatic rings. The normalized spacial score (nSPS) is 17.6. The minimum atomic E-state index is -0.157. The topological polar surface area (TPSA) is 26.0 Å². The van der Waals surface area contributed by atoms with Crippen molar-refractivity contribution in [3.8, 4) is 11.1 Å². The van der Waals surface area contributed by atoms with Crippen LogP contribution < -0.4 is 5.73 Å². The molecule has 0 saturated heterocycles. The first-order chi connectivity index (χ1) is 9.59. The maximum atomic E-state index is 14.0. The average molecular weight is 269 g/mol. The van der Waals surface area contributed by atoms with Crippen LogP contribution in [0.5, 0.6) is 0 Å². The molecule has 1 aliphatic carbocycles. The molecule has 0 fully saturated rings. The smallest absolute Gasteiger partial charge is 0.128 e. The van der Waals surface area contributed by atoms with E-state index in [1.165, 1.54) is 11.1 Å². The van der Waals surface area contributed by atoms with Gasteiger partial charge in [-0.2, -0.15) is 0 Å². The molecule has 0 spiro atoms. The lowest BCUT2D eigenvalue weighted by molar-refractivity contribution is 0.589. The Bertz CT molecular complexity index is 646. The fourth-order valence-corrected chi connectivity index (χ4v) is 3.25. The number of hydrogen-bond donors (Lipinski definition) is 1. The van der Waals surface area contributed by atoms with Crippen LogP contribution in [0.4, 0.5) is 4.39 Å². The molecule has 2 heteroatoms. The van der Waals surface area contributed by atoms with Crippen molar-refractivity contribution < 1.29 is 4.39 Å². The molecule has 0 unspecified atom stereocenters. The van der Waals surface area contributed by atoms with E-state index in [0.29, 0.717) is 5.92 Å². The van der Waals surface area contributed by atoms with E-state index in [1.807, 2.05) is 12.1 Å². The number of fused-ring (bicyclic) bond motifs is 1. The Hall–Kier alpha value is -1.67. The number of halogens is 1. The van der Waals surface area contributed by atoms with E-state index in [0.717, 1.165) is 29.5 Å². The Morgan fingerprint density at radius 3 is 2.60 bits per heavy atom. The van der Waals surface area contributed by atoms with E-state index in [-0.39, 0.29) is 11.9 Å². The van der Waals surface area contributed by atoms with Crippen LogP contribution in [-0.4, -0.2) is 0 Å². The van der Waals surface area contributed by atoms with Crippen LogP contribution >= 0.6 is 0 Å². The summed E-state index contributed by atoms with van der Waals surface area (Å²) in [5.41, 5.74) is 11.6. The van der Waals surface area contributed by atoms with Gasteiger partial charge in [0.15, 0.2) is 0 Å². The Balaban J connectivity index is 2.23. The van der Waals surface area contributed by atoms with Crippen LogP contribution in [0.25, 0.3) is 11.1 Å². The monoisotopic (exact) mass is 269 g/mol. The summed E-state index contributed by atoms with van der Waals surface area (Å²) in [6, 6.07) is 11.7. The molecule has 2 aromatic carbocycles. The van der Waals surface area contributed by atoms with Crippen molar-refractivity contribution in [2.24, 2.45) is 5.73 Å². The molecule has 3 rings (SSSR count). The van der Waals surface area contributed by atoms with Gasteiger partial charge in [0.05, 0.1) is 0 Å². The van der Waals surface area contributed by atoms with Crippen molar-refractivity contribution in [1.82, 2.24) is 0 Å². The minimum Gasteiger partial charge on any atom is -0.324 e. The van der Waals surface area contributed by atoms with Crippen LogP contribution in [0.3, 0.4) is 0 Å². The Labute approximate surface area is 119 Å². The molecule has 1 atom stereocenters. The van der Waals surface area contributed by atoms with Gasteiger partial charge >= 0.3 is 0 Å². The van der Waals surface area contributed by atoms with Gasteiger partial charge in [0.25, 0.3) is 0 Å². The van der Waals surface area contributed by atoms with Crippen LogP contribution in [0.2, 0.25) is 0 Å². The molecule has 20 heavy (non-hydrogen) atoms. The van der Waals surface area contributed by atoms with E-state index in [4.69, 9.17) is 5.73 Å². The summed E-state index contributed by atoms with van der Waals surface area (Å²) in [7, 11) is 0. The van der Waals surface area contributed by atoms with Gasteiger partial charge in [-0.05, 0) is 47.1 Å². The maximum absolute atomic E-state index is 14.0. The second kappa shape index (κ2) is 5.02. The molecule has 0 radical (unpaired) electrons. The highest BCUT2D eigenvalue weighted by Gasteiger charge is 2.26. The van der Waals surface area contributed by atoms with E-state index in [9.17, 15) is 4.39 Å². The number of rotatable bonds is 2. The first kappa shape index (κ1) is 13.3. The fourth-order valence-electron chi connectivity index (χ4n) is 3.25. The van der Waals surface area contributed by atoms with Gasteiger partial charge in [-0.1, -0.05) is 44.2 Å². The van der Waals surface area contributed by atoms with E-state index in [1.54, 1.807) is 6.07 Å². The van der Waals surface area contributed by atoms with Crippen LogP contribution in [0.1, 0.15) is 48.9 Å². The molecule has 0 bridgehead atoms. The lowest BCUT2D eigenvalue weighted by atomic mass is 9.89. The van der Waals surface area contributed by atoms with Crippen LogP contribution in [-0.2, 0) is 6.42 Å². The third kappa shape index (κ3) is 2.04. The zero-order chi connectivity index (χ0) is 14.3. The molecule has 104 valence electrons. The second-order valence-corrected chi connectivity index (χ2v) is 5.87. The highest BCUT2D eigenvalue weighted by Crippen LogP contribution is 2.40. The maximum Gasteiger partial charge on any atom is 0.128 e. The van der Waals surface area contributed by atoms with Crippen molar-refractivity contribution in [3.05, 3.63) is 58.9 Å². The van der Waals surface area contributed by atoms with Crippen molar-refractivity contribution in [3.63, 3.8) is 0 Å². The first-order valence-corrected chi connectivity index (χ1v) is 7.25. The lowest BCUT2D eigenvalue weighted by Gasteiger charge is -2.16. The summed E-state index contributed by atoms with van der Waals surface area (Å²) in [4.78, 5) is 0. The highest BCUT2D eigenvalue weighted by atomic mass is 19.1. The van der Waals surface area contributed by atoms with Gasteiger partial charge in [0.2, 0.25) is 0 Å². The predicted molar refractivity (Wildman–Crippen MR) is 81.2 cm³/mol. The summed E-state index contributed by atoms with van der Waals surface area (Å²) in [6.45, 7) is 4.38. The summed E-state index contributed by atoms with van der Waals surface area (Å²) >= 11 is 0. The summed E-state index contributed by atoms with van der Waals surface area (Å²) in [6.07, 6.45) is 1.71. The standard InChI is InChI=1S/C18H20FN/c1-11(2)12-5-3-4-6-13(12)14-7-9-16(19)18-15(14)8-10-17(18)20/h3-7,9,11,17H,8,10,20H2,1-2H3/t17-/m1/s1. The number of hydrogen-bond acceptors (Lipinski definition) is 1. The third-order valence-corrected chi connectivity index (χ3v) is 4.25. The van der Waals surface area contributed by atoms with Gasteiger partial charge in [-0.25, -0.2) is 4.39 Å². The molecule has 0 heterocycles. The molecule has 1 aliphatic rings. The molecule has 0 aliphatic heterocycles. The average Bonchev–Trinajstić information content (AvgIpc) is 2.82. The Morgan fingerprint density at radius 2 is 1.85 bits per heavy atom. The Kier molecular flexibility index (Phi) is 3.35. The Morgan fingerprint density at radius 1 is 1.10 bits per heavy atom. The molecular weight excluding hydrogens is 249 g/mol. The second-order valence-electron chi connectivity index (χ2n) is 5.87. The molecule has 0 saturated carbocycles. The molecule has 0 aromatic heterocycles. The molecule has 1 nitrogen and oxygen atoms in total. The summed E-state index contributed by atoms with van der Waals surface area (Å²) in [5, 5.41) is 0. The lowest BCUT2D eigenvalue weighted by Crippen LogP contribution is -2.07. The summed E-state index contributed by atoms with van der Waals surface area (Å²) < 4.78 is 14.0. The minimum absolute atomic E-state index is 0.156. The molecular formula is C18H20FN. The quantitative estimate of drug-likeness (QED) is 0.849. The predicted octanol–water partition coefficient (Wildman–Crippen LogP) is 4.56.